The monoisotopic (exact) mass is 452 g/mol. The molecule has 0 saturated heterocycles. The zero-order valence-electron chi connectivity index (χ0n) is 21.3. The summed E-state index contributed by atoms with van der Waals surface area (Å²) in [7, 11) is 1.76. The van der Waals surface area contributed by atoms with E-state index in [-0.39, 0.29) is 83.7 Å². The molecule has 2 fully saturated rings. The van der Waals surface area contributed by atoms with E-state index in [2.05, 4.69) is 80.5 Å². The Balaban J connectivity index is 0.00000256. The van der Waals surface area contributed by atoms with E-state index in [0.717, 1.165) is 12.2 Å². The summed E-state index contributed by atoms with van der Waals surface area (Å²) in [5.74, 6) is 2.68. The van der Waals surface area contributed by atoms with Crippen LogP contribution in [0.3, 0.4) is 0 Å². The molecular formula is C27H41KOS. The van der Waals surface area contributed by atoms with Gasteiger partial charge >= 0.3 is 51.4 Å². The van der Waals surface area contributed by atoms with E-state index in [1.165, 1.54) is 12.0 Å². The molecule has 0 bridgehead atoms. The number of ether oxygens (including phenoxy) is 1. The number of benzene rings is 1. The van der Waals surface area contributed by atoms with Crippen LogP contribution in [0.5, 0.6) is 5.75 Å². The Labute approximate surface area is 233 Å². The van der Waals surface area contributed by atoms with E-state index in [1.54, 1.807) is 12.7 Å². The molecule has 0 amide bonds. The van der Waals surface area contributed by atoms with Gasteiger partial charge in [-0.3, -0.25) is 0 Å². The van der Waals surface area contributed by atoms with Gasteiger partial charge in [0.05, 0.1) is 7.11 Å². The van der Waals surface area contributed by atoms with Crippen molar-refractivity contribution in [3.63, 3.8) is 0 Å². The molecule has 3 aliphatic rings. The molecular weight excluding hydrogens is 411 g/mol. The number of hydrogen-bond donors (Lipinski definition) is 0. The van der Waals surface area contributed by atoms with Crippen LogP contribution in [0.1, 0.15) is 85.8 Å². The fourth-order valence-electron chi connectivity index (χ4n) is 8.85. The molecule has 1 aromatic rings. The standard InChI is InChI=1S/C27H42OS.K/c1-16-15-26(8)24(4,5)23(2,3)25(6,7)27(26,9)22-20(29)14-17-13-18(28-10)11-12-19(17)21(16)22;/h11-13,16,20-22,29H,14-15H2,1-10H3;/q;+1/p-1/t16-,20?,21?,22?,26+,27+;/m0./s1. The van der Waals surface area contributed by atoms with Crippen molar-refractivity contribution in [2.24, 2.45) is 38.9 Å². The van der Waals surface area contributed by atoms with Crippen molar-refractivity contribution in [2.75, 3.05) is 7.11 Å². The number of hydrogen-bond acceptors (Lipinski definition) is 2. The molecule has 1 nitrogen and oxygen atoms in total. The van der Waals surface area contributed by atoms with Crippen molar-refractivity contribution < 1.29 is 56.1 Å². The van der Waals surface area contributed by atoms with Crippen LogP contribution >= 0.6 is 0 Å². The van der Waals surface area contributed by atoms with Crippen molar-refractivity contribution in [1.82, 2.24) is 0 Å². The maximum atomic E-state index is 6.35. The fourth-order valence-corrected chi connectivity index (χ4v) is 9.47. The fraction of sp³-hybridized carbons (Fsp3) is 0.778. The van der Waals surface area contributed by atoms with Crippen LogP contribution in [-0.2, 0) is 19.0 Å². The zero-order valence-corrected chi connectivity index (χ0v) is 25.2. The second-order valence-electron chi connectivity index (χ2n) is 12.4. The second kappa shape index (κ2) is 7.50. The number of methoxy groups -OCH3 is 1. The van der Waals surface area contributed by atoms with Gasteiger partial charge in [-0.25, -0.2) is 0 Å². The van der Waals surface area contributed by atoms with E-state index < -0.39 is 0 Å². The third kappa shape index (κ3) is 2.69. The molecule has 0 N–H and O–H groups in total. The van der Waals surface area contributed by atoms with Gasteiger partial charge in [-0.1, -0.05) is 68.4 Å². The molecule has 162 valence electrons. The molecule has 0 aliphatic heterocycles. The van der Waals surface area contributed by atoms with Crippen LogP contribution in [0.4, 0.5) is 0 Å². The molecule has 0 radical (unpaired) electrons. The number of fused-ring (bicyclic) bond motifs is 5. The van der Waals surface area contributed by atoms with Gasteiger partial charge in [-0.15, -0.1) is 0 Å². The predicted octanol–water partition coefficient (Wildman–Crippen LogP) is 4.02. The average Bonchev–Trinajstić information content (AvgIpc) is 2.68. The third-order valence-corrected chi connectivity index (χ3v) is 12.3. The SMILES string of the molecule is COc1ccc2c(c1)CC([S-])C1C2[C@@H](C)C[C@]2(C)C(C)(C)C(C)(C)C(C)(C)[C@@]12C.[K+]. The van der Waals surface area contributed by atoms with Crippen LogP contribution in [0.2, 0.25) is 0 Å². The van der Waals surface area contributed by atoms with Gasteiger partial charge < -0.3 is 17.4 Å². The smallest absolute Gasteiger partial charge is 0.789 e. The van der Waals surface area contributed by atoms with Crippen molar-refractivity contribution >= 4 is 12.6 Å². The Bertz CT molecular complexity index is 843. The molecule has 3 aliphatic carbocycles. The minimum absolute atomic E-state index is 0. The molecule has 4 rings (SSSR count). The Morgan fingerprint density at radius 1 is 0.933 bits per heavy atom. The maximum Gasteiger partial charge on any atom is 1.00 e. The van der Waals surface area contributed by atoms with Gasteiger partial charge in [0.2, 0.25) is 0 Å². The third-order valence-electron chi connectivity index (χ3n) is 11.9. The predicted molar refractivity (Wildman–Crippen MR) is 125 cm³/mol. The maximum absolute atomic E-state index is 6.35. The van der Waals surface area contributed by atoms with Gasteiger partial charge in [0.25, 0.3) is 0 Å². The van der Waals surface area contributed by atoms with Gasteiger partial charge in [0.15, 0.2) is 0 Å². The summed E-state index contributed by atoms with van der Waals surface area (Å²) in [4.78, 5) is 0. The first-order chi connectivity index (χ1) is 13.2. The Kier molecular flexibility index (Phi) is 6.41. The van der Waals surface area contributed by atoms with Crippen LogP contribution < -0.4 is 56.1 Å². The molecule has 0 spiro atoms. The Hall–Kier alpha value is 1.01. The molecule has 3 unspecified atom stereocenters. The molecule has 0 heterocycles. The van der Waals surface area contributed by atoms with Crippen LogP contribution in [0.25, 0.3) is 0 Å². The minimum atomic E-state index is 0. The zero-order chi connectivity index (χ0) is 21.8. The first-order valence-corrected chi connectivity index (χ1v) is 12.0. The summed E-state index contributed by atoms with van der Waals surface area (Å²) in [6.07, 6.45) is 2.27. The van der Waals surface area contributed by atoms with E-state index in [9.17, 15) is 0 Å². The van der Waals surface area contributed by atoms with Gasteiger partial charge in [0, 0.05) is 0 Å². The van der Waals surface area contributed by atoms with Crippen molar-refractivity contribution in [3.05, 3.63) is 29.3 Å². The summed E-state index contributed by atoms with van der Waals surface area (Å²) in [6, 6.07) is 6.77. The summed E-state index contributed by atoms with van der Waals surface area (Å²) < 4.78 is 5.54. The van der Waals surface area contributed by atoms with E-state index in [1.807, 2.05) is 0 Å². The van der Waals surface area contributed by atoms with Crippen LogP contribution in [0, 0.1) is 38.9 Å². The van der Waals surface area contributed by atoms with E-state index >= 15 is 0 Å². The van der Waals surface area contributed by atoms with E-state index in [4.69, 9.17) is 17.4 Å². The summed E-state index contributed by atoms with van der Waals surface area (Å²) in [5, 5.41) is 0.274. The molecule has 3 heteroatoms. The Morgan fingerprint density at radius 2 is 1.53 bits per heavy atom. The molecule has 1 aromatic carbocycles. The van der Waals surface area contributed by atoms with Gasteiger partial charge in [-0.05, 0) is 80.9 Å². The summed E-state index contributed by atoms with van der Waals surface area (Å²) >= 11 is 6.35. The normalized spacial score (nSPS) is 42.4. The van der Waals surface area contributed by atoms with Gasteiger partial charge in [0.1, 0.15) is 5.75 Å². The van der Waals surface area contributed by atoms with Crippen LogP contribution in [0.15, 0.2) is 18.2 Å². The largest absolute Gasteiger partial charge is 1.00 e. The Morgan fingerprint density at radius 3 is 2.10 bits per heavy atom. The molecule has 30 heavy (non-hydrogen) atoms. The number of rotatable bonds is 1. The van der Waals surface area contributed by atoms with Gasteiger partial charge in [-0.2, -0.15) is 5.25 Å². The van der Waals surface area contributed by atoms with E-state index in [0.29, 0.717) is 17.8 Å². The average molecular weight is 453 g/mol. The molecule has 0 aromatic heterocycles. The molecule has 2 saturated carbocycles. The summed E-state index contributed by atoms with van der Waals surface area (Å²) in [6.45, 7) is 23.0. The van der Waals surface area contributed by atoms with Crippen molar-refractivity contribution in [3.8, 4) is 5.75 Å². The first-order valence-electron chi connectivity index (χ1n) is 11.5. The van der Waals surface area contributed by atoms with Crippen molar-refractivity contribution in [1.29, 1.82) is 0 Å². The summed E-state index contributed by atoms with van der Waals surface area (Å²) in [5.41, 5.74) is 4.09. The topological polar surface area (TPSA) is 9.23 Å². The molecule has 6 atom stereocenters. The quantitative estimate of drug-likeness (QED) is 0.470. The first kappa shape index (κ1) is 25.6. The van der Waals surface area contributed by atoms with Crippen LogP contribution in [-0.4, -0.2) is 12.4 Å². The minimum Gasteiger partial charge on any atom is -0.789 e. The second-order valence-corrected chi connectivity index (χ2v) is 13.1. The van der Waals surface area contributed by atoms with Crippen molar-refractivity contribution in [2.45, 2.75) is 86.3 Å².